The van der Waals surface area contributed by atoms with Gasteiger partial charge in [-0.2, -0.15) is 0 Å². The number of nitrogens with two attached hydrogens (primary N) is 1. The molecule has 2 aromatic carbocycles. The highest BCUT2D eigenvalue weighted by Gasteiger charge is 2.19. The van der Waals surface area contributed by atoms with Gasteiger partial charge in [-0.3, -0.25) is 14.9 Å². The van der Waals surface area contributed by atoms with E-state index in [4.69, 9.17) is 17.3 Å². The highest BCUT2D eigenvalue weighted by atomic mass is 35.5. The average Bonchev–Trinajstić information content (AvgIpc) is 2.58. The third-order valence-corrected chi connectivity index (χ3v) is 3.67. The van der Waals surface area contributed by atoms with Crippen molar-refractivity contribution < 1.29 is 14.8 Å². The molecule has 0 unspecified atom stereocenters. The second-order valence-electron chi connectivity index (χ2n) is 5.18. The van der Waals surface area contributed by atoms with Crippen LogP contribution in [0.5, 0.6) is 0 Å². The lowest BCUT2D eigenvalue weighted by atomic mass is 10.0. The Kier molecular flexibility index (Phi) is 5.86. The van der Waals surface area contributed by atoms with Crippen molar-refractivity contribution in [2.75, 3.05) is 6.54 Å². The number of carbonyl (C=O) groups excluding carboxylic acids is 1. The zero-order valence-corrected chi connectivity index (χ0v) is 13.3. The maximum Gasteiger partial charge on any atom is 0.269 e. The Morgan fingerprint density at radius 1 is 1.29 bits per heavy atom. The van der Waals surface area contributed by atoms with Crippen LogP contribution in [0.2, 0.25) is 5.02 Å². The zero-order chi connectivity index (χ0) is 17.7. The molecule has 0 saturated carbocycles. The number of rotatable bonds is 6. The quantitative estimate of drug-likeness (QED) is 0.544. The lowest BCUT2D eigenvalue weighted by Gasteiger charge is -2.19. The first kappa shape index (κ1) is 17.9. The summed E-state index contributed by atoms with van der Waals surface area (Å²) in [5.41, 5.74) is 6.63. The number of nitro benzene ring substituents is 1. The summed E-state index contributed by atoms with van der Waals surface area (Å²) in [4.78, 5) is 22.1. The van der Waals surface area contributed by atoms with Crippen LogP contribution in [-0.4, -0.2) is 28.5 Å². The van der Waals surface area contributed by atoms with Gasteiger partial charge >= 0.3 is 0 Å². The molecule has 0 saturated heterocycles. The Morgan fingerprint density at radius 3 is 2.54 bits per heavy atom. The molecule has 126 valence electrons. The van der Waals surface area contributed by atoms with Crippen molar-refractivity contribution >= 4 is 23.2 Å². The molecule has 0 heterocycles. The summed E-state index contributed by atoms with van der Waals surface area (Å²) in [6.45, 7) is 0.0313. The van der Waals surface area contributed by atoms with Gasteiger partial charge in [0.1, 0.15) is 0 Å². The van der Waals surface area contributed by atoms with Crippen molar-refractivity contribution in [3.63, 3.8) is 0 Å². The van der Waals surface area contributed by atoms with E-state index in [1.165, 1.54) is 30.3 Å². The molecule has 2 aromatic rings. The molecule has 0 spiro atoms. The number of halogens is 1. The van der Waals surface area contributed by atoms with E-state index in [1.807, 2.05) is 0 Å². The smallest absolute Gasteiger partial charge is 0.269 e. The van der Waals surface area contributed by atoms with Crippen LogP contribution in [-0.2, 0) is 0 Å². The molecule has 0 aliphatic carbocycles. The van der Waals surface area contributed by atoms with Gasteiger partial charge in [0, 0.05) is 29.3 Å². The molecule has 24 heavy (non-hydrogen) atoms. The summed E-state index contributed by atoms with van der Waals surface area (Å²) in [5.74, 6) is -0.358. The van der Waals surface area contributed by atoms with Gasteiger partial charge in [-0.25, -0.2) is 0 Å². The van der Waals surface area contributed by atoms with Crippen LogP contribution in [0.25, 0.3) is 0 Å². The maximum absolute atomic E-state index is 12.0. The molecule has 0 aromatic heterocycles. The lowest BCUT2D eigenvalue weighted by molar-refractivity contribution is -0.384. The molecule has 2 atom stereocenters. The fraction of sp³-hybridized carbons (Fsp3) is 0.188. The number of aliphatic hydroxyl groups is 1. The minimum Gasteiger partial charge on any atom is -0.387 e. The van der Waals surface area contributed by atoms with Crippen LogP contribution in [0.4, 0.5) is 5.69 Å². The first-order valence-corrected chi connectivity index (χ1v) is 7.48. The first-order valence-electron chi connectivity index (χ1n) is 7.10. The molecule has 0 fully saturated rings. The Balaban J connectivity index is 1.95. The Bertz CT molecular complexity index is 736. The predicted molar refractivity (Wildman–Crippen MR) is 89.8 cm³/mol. The average molecular weight is 350 g/mol. The highest BCUT2D eigenvalue weighted by Crippen LogP contribution is 2.19. The standard InChI is InChI=1S/C16H16ClN3O4/c17-12-3-1-2-11(8-12)16(22)19-9-14(18)15(21)10-4-6-13(7-5-10)20(23)24/h1-8,14-15,21H,9,18H2,(H,19,22)/t14-,15-/m0/s1. The molecule has 0 radical (unpaired) electrons. The Labute approximate surface area is 143 Å². The minimum absolute atomic E-state index is 0.0313. The summed E-state index contributed by atoms with van der Waals surface area (Å²) in [6.07, 6.45) is -1.06. The molecular formula is C16H16ClN3O4. The van der Waals surface area contributed by atoms with Gasteiger partial charge in [-0.05, 0) is 35.9 Å². The summed E-state index contributed by atoms with van der Waals surface area (Å²) in [6, 6.07) is 11.1. The third-order valence-electron chi connectivity index (χ3n) is 3.44. The normalized spacial score (nSPS) is 13.1. The van der Waals surface area contributed by atoms with Crippen LogP contribution in [0, 0.1) is 10.1 Å². The van der Waals surface area contributed by atoms with E-state index < -0.39 is 17.1 Å². The molecule has 2 rings (SSSR count). The fourth-order valence-corrected chi connectivity index (χ4v) is 2.28. The number of hydrogen-bond donors (Lipinski definition) is 3. The number of benzene rings is 2. The SMILES string of the molecule is N[C@@H](CNC(=O)c1cccc(Cl)c1)[C@@H](O)c1ccc([N+](=O)[O-])cc1. The second-order valence-corrected chi connectivity index (χ2v) is 5.61. The largest absolute Gasteiger partial charge is 0.387 e. The third kappa shape index (κ3) is 4.51. The lowest BCUT2D eigenvalue weighted by Crippen LogP contribution is -2.41. The van der Waals surface area contributed by atoms with Gasteiger partial charge in [-0.1, -0.05) is 17.7 Å². The number of aliphatic hydroxyl groups excluding tert-OH is 1. The molecule has 0 aliphatic rings. The zero-order valence-electron chi connectivity index (χ0n) is 12.6. The Morgan fingerprint density at radius 2 is 1.96 bits per heavy atom. The molecule has 4 N–H and O–H groups in total. The number of non-ortho nitro benzene ring substituents is 1. The van der Waals surface area contributed by atoms with Gasteiger partial charge in [-0.15, -0.1) is 0 Å². The van der Waals surface area contributed by atoms with Crippen molar-refractivity contribution in [3.05, 3.63) is 74.8 Å². The van der Waals surface area contributed by atoms with Crippen LogP contribution >= 0.6 is 11.6 Å². The monoisotopic (exact) mass is 349 g/mol. The van der Waals surface area contributed by atoms with Crippen LogP contribution in [0.15, 0.2) is 48.5 Å². The van der Waals surface area contributed by atoms with Crippen molar-refractivity contribution in [2.45, 2.75) is 12.1 Å². The van der Waals surface area contributed by atoms with Crippen LogP contribution in [0.3, 0.4) is 0 Å². The van der Waals surface area contributed by atoms with E-state index >= 15 is 0 Å². The molecular weight excluding hydrogens is 334 g/mol. The van der Waals surface area contributed by atoms with Crippen molar-refractivity contribution in [2.24, 2.45) is 5.73 Å². The van der Waals surface area contributed by atoms with E-state index in [9.17, 15) is 20.0 Å². The van der Waals surface area contributed by atoms with Crippen molar-refractivity contribution in [3.8, 4) is 0 Å². The van der Waals surface area contributed by atoms with Gasteiger partial charge in [0.2, 0.25) is 0 Å². The summed E-state index contributed by atoms with van der Waals surface area (Å²) >= 11 is 5.82. The summed E-state index contributed by atoms with van der Waals surface area (Å²) in [5, 5.41) is 23.9. The molecule has 0 bridgehead atoms. The maximum atomic E-state index is 12.0. The van der Waals surface area contributed by atoms with E-state index in [0.29, 0.717) is 16.1 Å². The predicted octanol–water partition coefficient (Wildman–Crippen LogP) is 2.04. The number of nitro groups is 1. The van der Waals surface area contributed by atoms with Gasteiger partial charge < -0.3 is 16.2 Å². The minimum atomic E-state index is -1.06. The van der Waals surface area contributed by atoms with Crippen molar-refractivity contribution in [1.82, 2.24) is 5.32 Å². The number of nitrogens with zero attached hydrogens (tertiary/aromatic N) is 1. The Hall–Kier alpha value is -2.48. The fourth-order valence-electron chi connectivity index (χ4n) is 2.09. The van der Waals surface area contributed by atoms with Crippen molar-refractivity contribution in [1.29, 1.82) is 0 Å². The van der Waals surface area contributed by atoms with Gasteiger partial charge in [0.05, 0.1) is 17.1 Å². The summed E-state index contributed by atoms with van der Waals surface area (Å²) in [7, 11) is 0. The van der Waals surface area contributed by atoms with E-state index in [0.717, 1.165) is 0 Å². The van der Waals surface area contributed by atoms with E-state index in [-0.39, 0.29) is 18.1 Å². The first-order chi connectivity index (χ1) is 11.4. The van der Waals surface area contributed by atoms with E-state index in [2.05, 4.69) is 5.32 Å². The topological polar surface area (TPSA) is 118 Å². The second kappa shape index (κ2) is 7.87. The molecule has 7 nitrogen and oxygen atoms in total. The molecule has 1 amide bonds. The number of hydrogen-bond acceptors (Lipinski definition) is 5. The van der Waals surface area contributed by atoms with Crippen LogP contribution < -0.4 is 11.1 Å². The molecule has 0 aliphatic heterocycles. The number of carbonyl (C=O) groups is 1. The summed E-state index contributed by atoms with van der Waals surface area (Å²) < 4.78 is 0. The number of nitrogens with one attached hydrogen (secondary N) is 1. The van der Waals surface area contributed by atoms with E-state index in [1.54, 1.807) is 18.2 Å². The van der Waals surface area contributed by atoms with Gasteiger partial charge in [0.25, 0.3) is 11.6 Å². The highest BCUT2D eigenvalue weighted by molar-refractivity contribution is 6.30. The van der Waals surface area contributed by atoms with Gasteiger partial charge in [0.15, 0.2) is 0 Å². The number of amides is 1. The van der Waals surface area contributed by atoms with Crippen LogP contribution in [0.1, 0.15) is 22.0 Å². The molecule has 8 heteroatoms.